The standard InChI is InChI=1S/C9H13NO3/c1-6(11)10-9(7(12)13)5-8(9)3-2-4-8/h2-5H2,1H3,(H,10,11)(H,12,13). The summed E-state index contributed by atoms with van der Waals surface area (Å²) in [5.41, 5.74) is -1.01. The third-order valence-electron chi connectivity index (χ3n) is 3.45. The van der Waals surface area contributed by atoms with Crippen LogP contribution in [0.5, 0.6) is 0 Å². The molecule has 2 rings (SSSR count). The van der Waals surface area contributed by atoms with Gasteiger partial charge in [-0.05, 0) is 19.3 Å². The Morgan fingerprint density at radius 3 is 2.23 bits per heavy atom. The van der Waals surface area contributed by atoms with Crippen molar-refractivity contribution in [1.82, 2.24) is 5.32 Å². The van der Waals surface area contributed by atoms with E-state index in [1.807, 2.05) is 0 Å². The fraction of sp³-hybridized carbons (Fsp3) is 0.778. The fourth-order valence-corrected chi connectivity index (χ4v) is 2.50. The quantitative estimate of drug-likeness (QED) is 0.655. The topological polar surface area (TPSA) is 66.4 Å². The van der Waals surface area contributed by atoms with Crippen molar-refractivity contribution in [2.75, 3.05) is 0 Å². The largest absolute Gasteiger partial charge is 0.479 e. The molecule has 2 N–H and O–H groups in total. The molecule has 4 nitrogen and oxygen atoms in total. The second-order valence-electron chi connectivity index (χ2n) is 4.20. The minimum absolute atomic E-state index is 0.0928. The number of hydrogen-bond donors (Lipinski definition) is 2. The molecule has 0 bridgehead atoms. The normalized spacial score (nSPS) is 33.6. The molecule has 1 spiro atoms. The summed E-state index contributed by atoms with van der Waals surface area (Å²) in [7, 11) is 0. The Morgan fingerprint density at radius 2 is 2.00 bits per heavy atom. The van der Waals surface area contributed by atoms with E-state index in [1.165, 1.54) is 6.92 Å². The van der Waals surface area contributed by atoms with Crippen molar-refractivity contribution < 1.29 is 14.7 Å². The molecule has 1 atom stereocenters. The lowest BCUT2D eigenvalue weighted by atomic mass is 9.78. The first-order chi connectivity index (χ1) is 6.02. The second kappa shape index (κ2) is 2.25. The summed E-state index contributed by atoms with van der Waals surface area (Å²) in [6.45, 7) is 1.37. The fourth-order valence-electron chi connectivity index (χ4n) is 2.50. The Labute approximate surface area is 76.3 Å². The molecular formula is C9H13NO3. The van der Waals surface area contributed by atoms with Gasteiger partial charge < -0.3 is 10.4 Å². The van der Waals surface area contributed by atoms with Crippen LogP contribution in [0.25, 0.3) is 0 Å². The van der Waals surface area contributed by atoms with Crippen LogP contribution >= 0.6 is 0 Å². The van der Waals surface area contributed by atoms with Crippen LogP contribution in [0, 0.1) is 5.41 Å². The van der Waals surface area contributed by atoms with E-state index in [4.69, 9.17) is 5.11 Å². The number of carboxylic acids is 1. The van der Waals surface area contributed by atoms with Gasteiger partial charge in [-0.3, -0.25) is 4.79 Å². The highest BCUT2D eigenvalue weighted by atomic mass is 16.4. The van der Waals surface area contributed by atoms with E-state index in [9.17, 15) is 9.59 Å². The van der Waals surface area contributed by atoms with Crippen molar-refractivity contribution in [2.24, 2.45) is 5.41 Å². The summed E-state index contributed by atoms with van der Waals surface area (Å²) in [5, 5.41) is 11.6. The maximum absolute atomic E-state index is 11.0. The first-order valence-electron chi connectivity index (χ1n) is 4.55. The summed E-state index contributed by atoms with van der Waals surface area (Å²) in [6, 6.07) is 0. The molecule has 0 aromatic carbocycles. The van der Waals surface area contributed by atoms with Crippen molar-refractivity contribution in [3.05, 3.63) is 0 Å². The molecule has 4 heteroatoms. The SMILES string of the molecule is CC(=O)NC1(C(=O)O)CC12CCC2. The van der Waals surface area contributed by atoms with Crippen LogP contribution < -0.4 is 5.32 Å². The Hall–Kier alpha value is -1.06. The van der Waals surface area contributed by atoms with Crippen LogP contribution in [0.1, 0.15) is 32.6 Å². The van der Waals surface area contributed by atoms with Crippen LogP contribution in [0.2, 0.25) is 0 Å². The van der Waals surface area contributed by atoms with Crippen LogP contribution in [-0.4, -0.2) is 22.5 Å². The summed E-state index contributed by atoms with van der Waals surface area (Å²) in [4.78, 5) is 21.9. The second-order valence-corrected chi connectivity index (χ2v) is 4.20. The van der Waals surface area contributed by atoms with Gasteiger partial charge in [0.1, 0.15) is 5.54 Å². The monoisotopic (exact) mass is 183 g/mol. The Bertz CT molecular complexity index is 283. The number of carbonyl (C=O) groups is 2. The van der Waals surface area contributed by atoms with Gasteiger partial charge in [-0.2, -0.15) is 0 Å². The molecule has 0 aromatic rings. The van der Waals surface area contributed by atoms with Crippen LogP contribution in [0.3, 0.4) is 0 Å². The van der Waals surface area contributed by atoms with E-state index in [0.29, 0.717) is 6.42 Å². The van der Waals surface area contributed by atoms with E-state index in [0.717, 1.165) is 19.3 Å². The van der Waals surface area contributed by atoms with Gasteiger partial charge in [0, 0.05) is 12.3 Å². The van der Waals surface area contributed by atoms with Crippen molar-refractivity contribution in [3.63, 3.8) is 0 Å². The van der Waals surface area contributed by atoms with Crippen LogP contribution in [0.4, 0.5) is 0 Å². The van der Waals surface area contributed by atoms with Crippen molar-refractivity contribution in [2.45, 2.75) is 38.1 Å². The van der Waals surface area contributed by atoms with Crippen LogP contribution in [-0.2, 0) is 9.59 Å². The van der Waals surface area contributed by atoms with Gasteiger partial charge >= 0.3 is 5.97 Å². The lowest BCUT2D eigenvalue weighted by Crippen LogP contribution is -2.48. The van der Waals surface area contributed by atoms with Gasteiger partial charge in [-0.15, -0.1) is 0 Å². The number of rotatable bonds is 2. The maximum Gasteiger partial charge on any atom is 0.330 e. The molecule has 0 heterocycles. The minimum atomic E-state index is -0.920. The Balaban J connectivity index is 2.16. The molecule has 2 saturated carbocycles. The highest BCUT2D eigenvalue weighted by molar-refractivity contribution is 5.91. The van der Waals surface area contributed by atoms with E-state index in [-0.39, 0.29) is 11.3 Å². The lowest BCUT2D eigenvalue weighted by molar-refractivity contribution is -0.145. The average Bonchev–Trinajstić information content (AvgIpc) is 2.56. The molecule has 1 unspecified atom stereocenters. The Kier molecular flexibility index (Phi) is 1.47. The number of carbonyl (C=O) groups excluding carboxylic acids is 1. The van der Waals surface area contributed by atoms with E-state index < -0.39 is 11.5 Å². The van der Waals surface area contributed by atoms with E-state index in [1.54, 1.807) is 0 Å². The third-order valence-corrected chi connectivity index (χ3v) is 3.45. The molecule has 2 aliphatic rings. The molecule has 13 heavy (non-hydrogen) atoms. The van der Waals surface area contributed by atoms with Gasteiger partial charge in [0.05, 0.1) is 0 Å². The number of aliphatic carboxylic acids is 1. The molecule has 2 aliphatic carbocycles. The summed E-state index contributed by atoms with van der Waals surface area (Å²) in [6.07, 6.45) is 3.60. The van der Waals surface area contributed by atoms with Crippen molar-refractivity contribution in [3.8, 4) is 0 Å². The van der Waals surface area contributed by atoms with Gasteiger partial charge in [-0.25, -0.2) is 4.79 Å². The molecular weight excluding hydrogens is 170 g/mol. The van der Waals surface area contributed by atoms with Crippen molar-refractivity contribution >= 4 is 11.9 Å². The lowest BCUT2D eigenvalue weighted by Gasteiger charge is -2.30. The zero-order valence-corrected chi connectivity index (χ0v) is 7.59. The molecule has 0 aromatic heterocycles. The highest BCUT2D eigenvalue weighted by Gasteiger charge is 2.74. The molecule has 1 amide bonds. The van der Waals surface area contributed by atoms with Crippen molar-refractivity contribution in [1.29, 1.82) is 0 Å². The molecule has 0 radical (unpaired) electrons. The number of nitrogens with one attached hydrogen (secondary N) is 1. The summed E-state index contributed by atoms with van der Waals surface area (Å²) >= 11 is 0. The summed E-state index contributed by atoms with van der Waals surface area (Å²) in [5.74, 6) is -1.12. The van der Waals surface area contributed by atoms with Gasteiger partial charge in [-0.1, -0.05) is 6.42 Å². The minimum Gasteiger partial charge on any atom is -0.479 e. The predicted molar refractivity (Wildman–Crippen MR) is 45.1 cm³/mol. The smallest absolute Gasteiger partial charge is 0.330 e. The molecule has 72 valence electrons. The van der Waals surface area contributed by atoms with E-state index >= 15 is 0 Å². The molecule has 2 fully saturated rings. The molecule has 0 aliphatic heterocycles. The predicted octanol–water partition coefficient (Wildman–Crippen LogP) is 0.520. The highest BCUT2D eigenvalue weighted by Crippen LogP contribution is 2.68. The van der Waals surface area contributed by atoms with Gasteiger partial charge in [0.25, 0.3) is 0 Å². The maximum atomic E-state index is 11.0. The third kappa shape index (κ3) is 0.913. The number of hydrogen-bond acceptors (Lipinski definition) is 2. The first-order valence-corrected chi connectivity index (χ1v) is 4.55. The molecule has 0 saturated heterocycles. The first kappa shape index (κ1) is 8.53. The van der Waals surface area contributed by atoms with Gasteiger partial charge in [0.15, 0.2) is 0 Å². The van der Waals surface area contributed by atoms with E-state index in [2.05, 4.69) is 5.32 Å². The zero-order valence-electron chi connectivity index (χ0n) is 7.59. The zero-order chi connectivity index (χ0) is 9.69. The van der Waals surface area contributed by atoms with Crippen LogP contribution in [0.15, 0.2) is 0 Å². The number of carboxylic acid groups (broad SMARTS) is 1. The average molecular weight is 183 g/mol. The van der Waals surface area contributed by atoms with Gasteiger partial charge in [0.2, 0.25) is 5.91 Å². The number of amides is 1. The Morgan fingerprint density at radius 1 is 1.38 bits per heavy atom. The summed E-state index contributed by atoms with van der Waals surface area (Å²) < 4.78 is 0.